The lowest BCUT2D eigenvalue weighted by atomic mass is 9.94. The maximum absolute atomic E-state index is 13.0. The van der Waals surface area contributed by atoms with Crippen LogP contribution in [0.25, 0.3) is 52.9 Å². The summed E-state index contributed by atoms with van der Waals surface area (Å²) in [6.45, 7) is 11.6. The Kier molecular flexibility index (Phi) is 33.1. The number of hydrogen-bond donors (Lipinski definition) is 5. The predicted octanol–water partition coefficient (Wildman–Crippen LogP) is 18.2. The number of carbonyl (C=O) groups excluding carboxylic acids is 5. The lowest BCUT2D eigenvalue weighted by molar-refractivity contribution is -0.144. The number of benzene rings is 1. The average molecular weight is 1920 g/mol. The fraction of sp³-hybridized carbons (Fsp3) is 0.345. The van der Waals surface area contributed by atoms with Crippen molar-refractivity contribution in [2.45, 2.75) is 88.9 Å². The van der Waals surface area contributed by atoms with Crippen molar-refractivity contribution in [3.63, 3.8) is 0 Å². The number of aromatic nitrogens is 12. The third-order valence-electron chi connectivity index (χ3n) is 19.5. The van der Waals surface area contributed by atoms with E-state index in [1.807, 2.05) is 35.2 Å². The molecule has 5 amide bonds. The molecular formula is C84H85F15N18O8S5. The predicted molar refractivity (Wildman–Crippen MR) is 459 cm³/mol. The third-order valence-corrected chi connectivity index (χ3v) is 25.0. The number of ether oxygens (including phenoxy) is 2. The molecule has 26 nitrogen and oxygen atoms in total. The van der Waals surface area contributed by atoms with Crippen LogP contribution in [0.4, 0.5) is 65.9 Å². The van der Waals surface area contributed by atoms with E-state index in [0.717, 1.165) is 156 Å². The first kappa shape index (κ1) is 98.6. The van der Waals surface area contributed by atoms with Crippen molar-refractivity contribution in [2.24, 2.45) is 35.2 Å². The third kappa shape index (κ3) is 27.1. The number of aryl methyl sites for hydroxylation is 6. The highest BCUT2D eigenvalue weighted by molar-refractivity contribution is 7.18. The normalized spacial score (nSPS) is 13.3. The zero-order valence-electron chi connectivity index (χ0n) is 70.0. The van der Waals surface area contributed by atoms with Gasteiger partial charge < -0.3 is 45.0 Å². The topological polar surface area (TPSA) is 289 Å². The van der Waals surface area contributed by atoms with E-state index in [-0.39, 0.29) is 70.6 Å². The van der Waals surface area contributed by atoms with Crippen molar-refractivity contribution in [3.8, 4) is 58.6 Å². The lowest BCUT2D eigenvalue weighted by Crippen LogP contribution is -2.41. The molecule has 13 aromatic rings. The number of para-hydroxylation sites is 1. The minimum Gasteiger partial charge on any atom is -0.492 e. The highest BCUT2D eigenvalue weighted by Crippen LogP contribution is 2.41. The molecule has 1 saturated heterocycles. The second-order valence-electron chi connectivity index (χ2n) is 28.9. The molecule has 1 aliphatic heterocycles. The van der Waals surface area contributed by atoms with Gasteiger partial charge >= 0.3 is 30.9 Å². The Morgan fingerprint density at radius 3 is 1.23 bits per heavy atom. The second kappa shape index (κ2) is 43.6. The summed E-state index contributed by atoms with van der Waals surface area (Å²) in [6, 6.07) is 33.9. The molecule has 0 radical (unpaired) electrons. The summed E-state index contributed by atoms with van der Waals surface area (Å²) in [5.41, 5.74) is -2.25. The van der Waals surface area contributed by atoms with Crippen LogP contribution in [-0.4, -0.2) is 170 Å². The van der Waals surface area contributed by atoms with E-state index in [0.29, 0.717) is 113 Å². The first-order valence-corrected chi connectivity index (χ1v) is 43.8. The standard InChI is InChI=1S/C19H22F3N3OS.C18H16F3N3O2S.C16H19F3N4O2S.C16H14F3N3O2S.C15H14F3N5OS/c1-3-11-25(13-7-5-4-6-8-13)18(26)16-10-9-15(27-16)14-12-17(19(20,21)22)24(2)23-14;1-24-16(18(19,20)21)11-13(23-24)14-7-8-15(27-14)17(25)22-9-10-26-12-5-3-2-4-6-12;1-22-14(16(17,18)19)10-11(21-22)12-2-3-13(26-12)15(24)20-4-5-23-6-8-25-9-7-23;1-9-3-4-10(24-9)8-20-15(23)13-6-5-12(25-13)11-7-14(16(17,18)19)22(2)21-11;1-23-13(15(16,17)18)6-10(22-23)11-2-3-12(25-11)14(24)20-5-4-9-7-19-8-21-9/h3,9-10,12-13H,1,4-8,11H2,2H3;2-8,11H,9-10H2,1H3,(H,22,25);2-3,10H,4-9H2,1H3,(H,20,24);3-7H,8H2,1-2H3,(H,20,23);2-3,6-8H,4-5H2,1H3,(H,19,21)(H,20,24). The van der Waals surface area contributed by atoms with Gasteiger partial charge in [0.05, 0.1) is 81.4 Å². The molecule has 1 aromatic carbocycles. The summed E-state index contributed by atoms with van der Waals surface area (Å²) in [6.07, 6.45) is -11.4. The number of furan rings is 1. The van der Waals surface area contributed by atoms with E-state index in [4.69, 9.17) is 13.9 Å². The molecular weight excluding hydrogens is 1830 g/mol. The van der Waals surface area contributed by atoms with E-state index >= 15 is 0 Å². The van der Waals surface area contributed by atoms with Crippen LogP contribution in [0, 0.1) is 6.92 Å². The molecule has 0 spiro atoms. The first-order chi connectivity index (χ1) is 61.6. The number of nitrogens with one attached hydrogen (secondary N) is 5. The van der Waals surface area contributed by atoms with Crippen molar-refractivity contribution in [3.05, 3.63) is 229 Å². The van der Waals surface area contributed by atoms with Crippen LogP contribution in [0.3, 0.4) is 0 Å². The van der Waals surface area contributed by atoms with Gasteiger partial charge in [0.2, 0.25) is 0 Å². The molecule has 0 atom stereocenters. The number of halogens is 15. The molecule has 5 N–H and O–H groups in total. The number of morpholine rings is 1. The quantitative estimate of drug-likeness (QED) is 0.0202. The summed E-state index contributed by atoms with van der Waals surface area (Å²) in [5, 5.41) is 30.5. The van der Waals surface area contributed by atoms with Gasteiger partial charge in [-0.1, -0.05) is 43.5 Å². The van der Waals surface area contributed by atoms with Crippen molar-refractivity contribution in [1.82, 2.24) is 89.9 Å². The maximum Gasteiger partial charge on any atom is 0.433 e. The van der Waals surface area contributed by atoms with Crippen molar-refractivity contribution < 1.29 is 104 Å². The lowest BCUT2D eigenvalue weighted by Gasteiger charge is -2.33. The van der Waals surface area contributed by atoms with Crippen molar-refractivity contribution in [1.29, 1.82) is 0 Å². The number of amides is 5. The van der Waals surface area contributed by atoms with Crippen LogP contribution >= 0.6 is 56.7 Å². The smallest absolute Gasteiger partial charge is 0.433 e. The van der Waals surface area contributed by atoms with Crippen LogP contribution in [0.15, 0.2) is 163 Å². The highest BCUT2D eigenvalue weighted by atomic mass is 32.1. The maximum atomic E-state index is 13.0. The van der Waals surface area contributed by atoms with Gasteiger partial charge in [-0.2, -0.15) is 91.3 Å². The monoisotopic (exact) mass is 1920 g/mol. The minimum absolute atomic E-state index is 0.0926. The molecule has 13 heterocycles. The number of imidazole rings is 1. The van der Waals surface area contributed by atoms with Crippen molar-refractivity contribution >= 4 is 86.2 Å². The molecule has 130 heavy (non-hydrogen) atoms. The number of rotatable bonds is 25. The van der Waals surface area contributed by atoms with E-state index in [9.17, 15) is 89.8 Å². The van der Waals surface area contributed by atoms with Gasteiger partial charge in [-0.05, 0) is 135 Å². The zero-order valence-corrected chi connectivity index (χ0v) is 74.1. The number of thiophene rings is 5. The average Bonchev–Trinajstić information content (AvgIpc) is 1.70. The largest absolute Gasteiger partial charge is 0.492 e. The molecule has 0 bridgehead atoms. The van der Waals surface area contributed by atoms with E-state index < -0.39 is 59.4 Å². The molecule has 15 rings (SSSR count). The van der Waals surface area contributed by atoms with E-state index in [1.54, 1.807) is 98.3 Å². The first-order valence-electron chi connectivity index (χ1n) is 39.7. The van der Waals surface area contributed by atoms with Crippen LogP contribution < -0.4 is 26.0 Å². The van der Waals surface area contributed by atoms with E-state index in [1.165, 1.54) is 53.0 Å². The molecule has 1 saturated carbocycles. The Labute approximate surface area is 752 Å². The Bertz CT molecular complexity index is 5930. The number of hydrogen-bond acceptors (Lipinski definition) is 20. The van der Waals surface area contributed by atoms with Crippen LogP contribution in [0.1, 0.15) is 126 Å². The SMILES string of the molecule is C=CCN(C(=O)c1ccc(-c2cc(C(F)(F)F)n(C)n2)s1)C1CCCCC1.Cc1ccc(CNC(=O)c2ccc(-c3cc(C(F)(F)F)n(C)n3)s2)o1.Cn1nc(-c2ccc(C(=O)NCCN3CCOCC3)s2)cc1C(F)(F)F.Cn1nc(-c2ccc(C(=O)NCCOc3ccccc3)s2)cc1C(F)(F)F.Cn1nc(-c2ccc(C(=O)NCCc3cnc[nH]3)s2)cc1C(F)(F)F. The Morgan fingerprint density at radius 1 is 0.492 bits per heavy atom. The molecule has 12 aromatic heterocycles. The van der Waals surface area contributed by atoms with Crippen molar-refractivity contribution in [2.75, 3.05) is 65.6 Å². The summed E-state index contributed by atoms with van der Waals surface area (Å²) < 4.78 is 213. The number of aromatic amines is 1. The van der Waals surface area contributed by atoms with Gasteiger partial charge in [0.1, 0.15) is 80.8 Å². The van der Waals surface area contributed by atoms with Gasteiger partial charge in [-0.3, -0.25) is 52.3 Å². The molecule has 0 unspecified atom stereocenters. The fourth-order valence-electron chi connectivity index (χ4n) is 13.1. The zero-order chi connectivity index (χ0) is 94.0. The number of nitrogens with zero attached hydrogens (tertiary/aromatic N) is 13. The molecule has 2 aliphatic rings. The summed E-state index contributed by atoms with van der Waals surface area (Å²) in [4.78, 5) is 77.2. The van der Waals surface area contributed by atoms with Crippen LogP contribution in [0.2, 0.25) is 0 Å². The van der Waals surface area contributed by atoms with Gasteiger partial charge in [-0.25, -0.2) is 4.98 Å². The second-order valence-corrected chi connectivity index (χ2v) is 34.4. The van der Waals surface area contributed by atoms with Gasteiger partial charge in [0.15, 0.2) is 0 Å². The number of carbonyl (C=O) groups is 5. The Hall–Kier alpha value is -12.0. The molecule has 1 aliphatic carbocycles. The van der Waals surface area contributed by atoms with Gasteiger partial charge in [0, 0.05) is 98.9 Å². The summed E-state index contributed by atoms with van der Waals surface area (Å²) in [5.74, 6) is 0.850. The number of alkyl halides is 15. The Morgan fingerprint density at radius 2 is 0.869 bits per heavy atom. The van der Waals surface area contributed by atoms with E-state index in [2.05, 4.69) is 68.2 Å². The molecule has 694 valence electrons. The summed E-state index contributed by atoms with van der Waals surface area (Å²) in [7, 11) is 6.22. The Balaban J connectivity index is 0.000000157. The molecule has 46 heteroatoms. The van der Waals surface area contributed by atoms with Crippen LogP contribution in [-0.2, 0) is 83.8 Å². The minimum atomic E-state index is -4.48. The highest BCUT2D eigenvalue weighted by Gasteiger charge is 2.40. The van der Waals surface area contributed by atoms with Gasteiger partial charge in [0.25, 0.3) is 29.5 Å². The molecule has 2 fully saturated rings. The van der Waals surface area contributed by atoms with Gasteiger partial charge in [-0.15, -0.1) is 63.3 Å². The summed E-state index contributed by atoms with van der Waals surface area (Å²) >= 11 is 5.57. The van der Waals surface area contributed by atoms with Crippen LogP contribution in [0.5, 0.6) is 5.75 Å². The fourth-order valence-corrected chi connectivity index (χ4v) is 17.6. The number of H-pyrrole nitrogens is 1.